The van der Waals surface area contributed by atoms with E-state index in [4.69, 9.17) is 5.10 Å². The predicted molar refractivity (Wildman–Crippen MR) is 112 cm³/mol. The van der Waals surface area contributed by atoms with Crippen LogP contribution in [0.1, 0.15) is 42.5 Å². The molecule has 1 saturated heterocycles. The summed E-state index contributed by atoms with van der Waals surface area (Å²) in [6, 6.07) is 6.27. The van der Waals surface area contributed by atoms with Crippen molar-refractivity contribution in [3.63, 3.8) is 0 Å². The van der Waals surface area contributed by atoms with E-state index in [1.54, 1.807) is 16.8 Å². The average molecular weight is 399 g/mol. The zero-order valence-corrected chi connectivity index (χ0v) is 17.6. The number of nitro benzene ring substituents is 1. The minimum absolute atomic E-state index is 0.0297. The molecule has 2 aromatic rings. The lowest BCUT2D eigenvalue weighted by molar-refractivity contribution is -0.384. The summed E-state index contributed by atoms with van der Waals surface area (Å²) in [4.78, 5) is 28.1. The van der Waals surface area contributed by atoms with Gasteiger partial charge in [-0.1, -0.05) is 20.8 Å². The van der Waals surface area contributed by atoms with Crippen LogP contribution in [-0.2, 0) is 6.42 Å². The first kappa shape index (κ1) is 21.0. The summed E-state index contributed by atoms with van der Waals surface area (Å²) in [5, 5.41) is 15.7. The van der Waals surface area contributed by atoms with Crippen LogP contribution >= 0.6 is 0 Å². The van der Waals surface area contributed by atoms with Gasteiger partial charge in [0.15, 0.2) is 0 Å². The van der Waals surface area contributed by atoms with E-state index in [1.165, 1.54) is 12.1 Å². The van der Waals surface area contributed by atoms with Crippen molar-refractivity contribution in [1.82, 2.24) is 19.6 Å². The number of nitro groups is 1. The number of carbonyl (C=O) groups is 1. The number of non-ortho nitro benzene ring substituents is 1. The van der Waals surface area contributed by atoms with Crippen molar-refractivity contribution in [2.45, 2.75) is 34.1 Å². The second kappa shape index (κ2) is 8.73. The fraction of sp³-hybridized carbons (Fsp3) is 0.524. The van der Waals surface area contributed by atoms with Gasteiger partial charge in [0.2, 0.25) is 0 Å². The van der Waals surface area contributed by atoms with Gasteiger partial charge in [0.25, 0.3) is 11.6 Å². The zero-order valence-electron chi connectivity index (χ0n) is 17.6. The van der Waals surface area contributed by atoms with Crippen molar-refractivity contribution in [3.05, 3.63) is 51.3 Å². The van der Waals surface area contributed by atoms with Crippen molar-refractivity contribution in [1.29, 1.82) is 0 Å². The van der Waals surface area contributed by atoms with E-state index in [0.29, 0.717) is 23.6 Å². The van der Waals surface area contributed by atoms with E-state index in [1.807, 2.05) is 11.8 Å². The summed E-state index contributed by atoms with van der Waals surface area (Å²) in [5.74, 6) is 0.389. The smallest absolute Gasteiger partial charge is 0.269 e. The Morgan fingerprint density at radius 2 is 1.79 bits per heavy atom. The Labute approximate surface area is 171 Å². The standard InChI is InChI=1S/C21H29N5O3/c1-5-23-10-12-24(13-11-23)21(27)20-16(4)25(22-19(20)14-15(2)3)17-6-8-18(9-7-17)26(28)29/h6-9,15H,5,10-14H2,1-4H3. The minimum atomic E-state index is -0.422. The summed E-state index contributed by atoms with van der Waals surface area (Å²) >= 11 is 0. The quantitative estimate of drug-likeness (QED) is 0.551. The monoisotopic (exact) mass is 399 g/mol. The molecule has 156 valence electrons. The topological polar surface area (TPSA) is 84.5 Å². The molecular formula is C21H29N5O3. The molecule has 8 nitrogen and oxygen atoms in total. The second-order valence-corrected chi connectivity index (χ2v) is 7.92. The molecule has 1 fully saturated rings. The van der Waals surface area contributed by atoms with E-state index in [9.17, 15) is 14.9 Å². The first-order chi connectivity index (χ1) is 13.8. The van der Waals surface area contributed by atoms with Crippen molar-refractivity contribution in [2.24, 2.45) is 5.92 Å². The van der Waals surface area contributed by atoms with E-state index in [2.05, 4.69) is 25.7 Å². The maximum atomic E-state index is 13.4. The van der Waals surface area contributed by atoms with Gasteiger partial charge in [0.1, 0.15) is 0 Å². The van der Waals surface area contributed by atoms with Gasteiger partial charge in [-0.3, -0.25) is 14.9 Å². The molecule has 0 atom stereocenters. The van der Waals surface area contributed by atoms with E-state index in [0.717, 1.165) is 44.1 Å². The fourth-order valence-corrected chi connectivity index (χ4v) is 3.76. The molecule has 3 rings (SSSR count). The predicted octanol–water partition coefficient (Wildman–Crippen LogP) is 3.07. The zero-order chi connectivity index (χ0) is 21.1. The highest BCUT2D eigenvalue weighted by Gasteiger charge is 2.28. The van der Waals surface area contributed by atoms with Crippen LogP contribution in [0.15, 0.2) is 24.3 Å². The largest absolute Gasteiger partial charge is 0.336 e. The molecule has 0 spiro atoms. The molecule has 1 amide bonds. The maximum Gasteiger partial charge on any atom is 0.269 e. The highest BCUT2D eigenvalue weighted by Crippen LogP contribution is 2.24. The minimum Gasteiger partial charge on any atom is -0.336 e. The molecule has 0 saturated carbocycles. The summed E-state index contributed by atoms with van der Waals surface area (Å²) in [6.45, 7) is 12.4. The van der Waals surface area contributed by atoms with Gasteiger partial charge < -0.3 is 9.80 Å². The summed E-state index contributed by atoms with van der Waals surface area (Å²) < 4.78 is 1.73. The fourth-order valence-electron chi connectivity index (χ4n) is 3.76. The van der Waals surface area contributed by atoms with Gasteiger partial charge in [-0.25, -0.2) is 4.68 Å². The van der Waals surface area contributed by atoms with Crippen molar-refractivity contribution < 1.29 is 9.72 Å². The Morgan fingerprint density at radius 1 is 1.17 bits per heavy atom. The van der Waals surface area contributed by atoms with Crippen LogP contribution in [0.5, 0.6) is 0 Å². The molecule has 0 bridgehead atoms. The molecule has 0 unspecified atom stereocenters. The van der Waals surface area contributed by atoms with E-state index in [-0.39, 0.29) is 11.6 Å². The third-order valence-electron chi connectivity index (χ3n) is 5.42. The summed E-state index contributed by atoms with van der Waals surface area (Å²) in [5.41, 5.74) is 2.98. The third kappa shape index (κ3) is 4.48. The lowest BCUT2D eigenvalue weighted by Crippen LogP contribution is -2.48. The van der Waals surface area contributed by atoms with Gasteiger partial charge in [-0.2, -0.15) is 5.10 Å². The van der Waals surface area contributed by atoms with E-state index >= 15 is 0 Å². The Balaban J connectivity index is 1.95. The molecule has 0 N–H and O–H groups in total. The molecule has 1 aliphatic heterocycles. The van der Waals surface area contributed by atoms with Crippen LogP contribution in [0.25, 0.3) is 5.69 Å². The number of aromatic nitrogens is 2. The molecule has 0 radical (unpaired) electrons. The summed E-state index contributed by atoms with van der Waals surface area (Å²) in [6.07, 6.45) is 0.705. The van der Waals surface area contributed by atoms with Gasteiger partial charge in [-0.05, 0) is 37.9 Å². The van der Waals surface area contributed by atoms with Crippen LogP contribution in [-0.4, -0.2) is 63.1 Å². The number of piperazine rings is 1. The Kier molecular flexibility index (Phi) is 6.32. The van der Waals surface area contributed by atoms with Gasteiger partial charge >= 0.3 is 0 Å². The number of hydrogen-bond acceptors (Lipinski definition) is 5. The second-order valence-electron chi connectivity index (χ2n) is 7.92. The number of amides is 1. The molecule has 8 heteroatoms. The Bertz CT molecular complexity index is 880. The number of nitrogens with zero attached hydrogens (tertiary/aromatic N) is 5. The average Bonchev–Trinajstić information content (AvgIpc) is 3.02. The molecule has 1 aromatic heterocycles. The molecule has 1 aromatic carbocycles. The molecule has 1 aliphatic rings. The van der Waals surface area contributed by atoms with E-state index < -0.39 is 4.92 Å². The van der Waals surface area contributed by atoms with Gasteiger partial charge in [0, 0.05) is 38.3 Å². The molecule has 0 aliphatic carbocycles. The Hall–Kier alpha value is -2.74. The lowest BCUT2D eigenvalue weighted by atomic mass is 10.0. The highest BCUT2D eigenvalue weighted by molar-refractivity contribution is 5.96. The van der Waals surface area contributed by atoms with Crippen LogP contribution in [0, 0.1) is 23.0 Å². The number of carbonyl (C=O) groups excluding carboxylic acids is 1. The molecule has 2 heterocycles. The van der Waals surface area contributed by atoms with Gasteiger partial charge in [0.05, 0.1) is 27.6 Å². The number of benzene rings is 1. The SMILES string of the molecule is CCN1CCN(C(=O)c2c(CC(C)C)nn(-c3ccc([N+](=O)[O-])cc3)c2C)CC1. The normalized spacial score (nSPS) is 15.1. The molecular weight excluding hydrogens is 370 g/mol. The first-order valence-electron chi connectivity index (χ1n) is 10.2. The number of hydrogen-bond donors (Lipinski definition) is 0. The molecule has 29 heavy (non-hydrogen) atoms. The van der Waals surface area contributed by atoms with Crippen molar-refractivity contribution in [3.8, 4) is 5.69 Å². The first-order valence-corrected chi connectivity index (χ1v) is 10.2. The van der Waals surface area contributed by atoms with Crippen LogP contribution in [0.2, 0.25) is 0 Å². The van der Waals surface area contributed by atoms with Crippen LogP contribution in [0.3, 0.4) is 0 Å². The number of likely N-dealkylation sites (N-methyl/N-ethyl adjacent to an activating group) is 1. The van der Waals surface area contributed by atoms with Crippen LogP contribution in [0.4, 0.5) is 5.69 Å². The highest BCUT2D eigenvalue weighted by atomic mass is 16.6. The summed E-state index contributed by atoms with van der Waals surface area (Å²) in [7, 11) is 0. The lowest BCUT2D eigenvalue weighted by Gasteiger charge is -2.34. The number of rotatable bonds is 6. The van der Waals surface area contributed by atoms with Crippen LogP contribution < -0.4 is 0 Å². The van der Waals surface area contributed by atoms with Gasteiger partial charge in [-0.15, -0.1) is 0 Å². The Morgan fingerprint density at radius 3 is 2.31 bits per heavy atom. The third-order valence-corrected chi connectivity index (χ3v) is 5.42. The maximum absolute atomic E-state index is 13.4. The van der Waals surface area contributed by atoms with Crippen molar-refractivity contribution >= 4 is 11.6 Å². The van der Waals surface area contributed by atoms with Crippen molar-refractivity contribution in [2.75, 3.05) is 32.7 Å².